The second kappa shape index (κ2) is 3.77. The van der Waals surface area contributed by atoms with Crippen molar-refractivity contribution in [1.82, 2.24) is 4.98 Å². The first-order valence-electron chi connectivity index (χ1n) is 4.93. The minimum Gasteiger partial charge on any atom is -0.258 e. The molecule has 0 fully saturated rings. The molecule has 1 aromatic heterocycles. The SMILES string of the molecule is C[C@@H]1CCCc2cc([N+](=O)[O-])c(Cl)nc21. The summed E-state index contributed by atoms with van der Waals surface area (Å²) in [5.41, 5.74) is 1.83. The second-order valence-electron chi connectivity index (χ2n) is 3.89. The Morgan fingerprint density at radius 2 is 2.40 bits per heavy atom. The largest absolute Gasteiger partial charge is 0.306 e. The molecular weight excluding hydrogens is 216 g/mol. The summed E-state index contributed by atoms with van der Waals surface area (Å²) in [5, 5.41) is 10.7. The summed E-state index contributed by atoms with van der Waals surface area (Å²) in [4.78, 5) is 14.3. The van der Waals surface area contributed by atoms with Crippen molar-refractivity contribution in [1.29, 1.82) is 0 Å². The lowest BCUT2D eigenvalue weighted by atomic mass is 9.88. The summed E-state index contributed by atoms with van der Waals surface area (Å²) < 4.78 is 0. The van der Waals surface area contributed by atoms with Crippen molar-refractivity contribution in [3.05, 3.63) is 32.6 Å². The highest BCUT2D eigenvalue weighted by molar-refractivity contribution is 6.31. The van der Waals surface area contributed by atoms with E-state index < -0.39 is 4.92 Å². The molecule has 4 nitrogen and oxygen atoms in total. The monoisotopic (exact) mass is 226 g/mol. The van der Waals surface area contributed by atoms with Crippen LogP contribution >= 0.6 is 11.6 Å². The van der Waals surface area contributed by atoms with Crippen molar-refractivity contribution in [2.75, 3.05) is 0 Å². The number of hydrogen-bond donors (Lipinski definition) is 0. The van der Waals surface area contributed by atoms with E-state index in [9.17, 15) is 10.1 Å². The van der Waals surface area contributed by atoms with Gasteiger partial charge in [0.1, 0.15) is 0 Å². The Balaban J connectivity index is 2.54. The summed E-state index contributed by atoms with van der Waals surface area (Å²) in [6.07, 6.45) is 3.01. The number of nitro groups is 1. The zero-order valence-electron chi connectivity index (χ0n) is 8.36. The Labute approximate surface area is 92.4 Å². The number of pyridine rings is 1. The van der Waals surface area contributed by atoms with Crippen molar-refractivity contribution in [2.24, 2.45) is 0 Å². The minimum atomic E-state index is -0.477. The fourth-order valence-electron chi connectivity index (χ4n) is 2.02. The average molecular weight is 227 g/mol. The second-order valence-corrected chi connectivity index (χ2v) is 4.25. The molecule has 1 aliphatic rings. The summed E-state index contributed by atoms with van der Waals surface area (Å²) in [5.74, 6) is 0.354. The van der Waals surface area contributed by atoms with Crippen LogP contribution in [0.2, 0.25) is 5.15 Å². The van der Waals surface area contributed by atoms with E-state index in [0.29, 0.717) is 5.92 Å². The number of hydrogen-bond acceptors (Lipinski definition) is 3. The molecule has 0 spiro atoms. The third-order valence-corrected chi connectivity index (χ3v) is 3.09. The van der Waals surface area contributed by atoms with Crippen molar-refractivity contribution < 1.29 is 4.92 Å². The van der Waals surface area contributed by atoms with E-state index in [4.69, 9.17) is 11.6 Å². The maximum Gasteiger partial charge on any atom is 0.306 e. The smallest absolute Gasteiger partial charge is 0.258 e. The molecule has 5 heteroatoms. The molecule has 1 atom stereocenters. The molecule has 0 aromatic carbocycles. The molecular formula is C10H11ClN2O2. The van der Waals surface area contributed by atoms with Crippen molar-refractivity contribution >= 4 is 17.3 Å². The van der Waals surface area contributed by atoms with Gasteiger partial charge in [0.05, 0.1) is 4.92 Å². The third kappa shape index (κ3) is 1.81. The van der Waals surface area contributed by atoms with Gasteiger partial charge in [-0.3, -0.25) is 10.1 Å². The molecule has 0 radical (unpaired) electrons. The van der Waals surface area contributed by atoms with E-state index in [1.165, 1.54) is 0 Å². The topological polar surface area (TPSA) is 56.0 Å². The van der Waals surface area contributed by atoms with Gasteiger partial charge in [0.25, 0.3) is 0 Å². The molecule has 0 N–H and O–H groups in total. The van der Waals surface area contributed by atoms with Crippen LogP contribution in [-0.4, -0.2) is 9.91 Å². The predicted octanol–water partition coefficient (Wildman–Crippen LogP) is 3.08. The number of fused-ring (bicyclic) bond motifs is 1. The van der Waals surface area contributed by atoms with Crippen molar-refractivity contribution in [2.45, 2.75) is 32.1 Å². The van der Waals surface area contributed by atoms with Gasteiger partial charge < -0.3 is 0 Å². The molecule has 80 valence electrons. The number of aryl methyl sites for hydroxylation is 1. The predicted molar refractivity (Wildman–Crippen MR) is 57.3 cm³/mol. The van der Waals surface area contributed by atoms with Gasteiger partial charge in [-0.2, -0.15) is 0 Å². The maximum absolute atomic E-state index is 10.7. The lowest BCUT2D eigenvalue weighted by Gasteiger charge is -2.20. The molecule has 1 heterocycles. The van der Waals surface area contributed by atoms with Crippen molar-refractivity contribution in [3.8, 4) is 0 Å². The van der Waals surface area contributed by atoms with Gasteiger partial charge in [-0.1, -0.05) is 18.5 Å². The molecule has 0 unspecified atom stereocenters. The van der Waals surface area contributed by atoms with Crippen LogP contribution in [0.1, 0.15) is 36.9 Å². The maximum atomic E-state index is 10.7. The number of aromatic nitrogens is 1. The highest BCUT2D eigenvalue weighted by Crippen LogP contribution is 2.34. The van der Waals surface area contributed by atoms with Gasteiger partial charge >= 0.3 is 5.69 Å². The van der Waals surface area contributed by atoms with E-state index in [-0.39, 0.29) is 10.8 Å². The van der Waals surface area contributed by atoms with E-state index in [1.807, 2.05) is 0 Å². The highest BCUT2D eigenvalue weighted by atomic mass is 35.5. The Hall–Kier alpha value is -1.16. The zero-order chi connectivity index (χ0) is 11.0. The summed E-state index contributed by atoms with van der Waals surface area (Å²) >= 11 is 5.77. The Morgan fingerprint density at radius 1 is 1.67 bits per heavy atom. The molecule has 0 saturated heterocycles. The van der Waals surface area contributed by atoms with Gasteiger partial charge in [-0.15, -0.1) is 0 Å². The summed E-state index contributed by atoms with van der Waals surface area (Å²) in [7, 11) is 0. The van der Waals surface area contributed by atoms with Crippen LogP contribution in [-0.2, 0) is 6.42 Å². The lowest BCUT2D eigenvalue weighted by Crippen LogP contribution is -2.10. The zero-order valence-corrected chi connectivity index (χ0v) is 9.12. The van der Waals surface area contributed by atoms with Crippen LogP contribution in [0.5, 0.6) is 0 Å². The fourth-order valence-corrected chi connectivity index (χ4v) is 2.24. The molecule has 0 amide bonds. The van der Waals surface area contributed by atoms with Gasteiger partial charge in [0, 0.05) is 11.8 Å². The van der Waals surface area contributed by atoms with Gasteiger partial charge in [0.2, 0.25) is 5.15 Å². The standard InChI is InChI=1S/C10H11ClN2O2/c1-6-3-2-4-7-5-8(13(14)15)10(11)12-9(6)7/h5-6H,2-4H2,1H3/t6-/m1/s1. The average Bonchev–Trinajstić information content (AvgIpc) is 2.18. The third-order valence-electron chi connectivity index (χ3n) is 2.82. The number of halogens is 1. The molecule has 1 aliphatic carbocycles. The molecule has 0 bridgehead atoms. The highest BCUT2D eigenvalue weighted by Gasteiger charge is 2.23. The molecule has 0 saturated carbocycles. The van der Waals surface area contributed by atoms with E-state index >= 15 is 0 Å². The number of nitrogens with zero attached hydrogens (tertiary/aromatic N) is 2. The Bertz CT molecular complexity index is 420. The normalized spacial score (nSPS) is 19.7. The van der Waals surface area contributed by atoms with E-state index in [0.717, 1.165) is 30.5 Å². The first kappa shape index (κ1) is 10.4. The van der Waals surface area contributed by atoms with Crippen LogP contribution in [0, 0.1) is 10.1 Å². The van der Waals surface area contributed by atoms with Gasteiger partial charge in [-0.25, -0.2) is 4.98 Å². The molecule has 2 rings (SSSR count). The Morgan fingerprint density at radius 3 is 3.07 bits per heavy atom. The number of rotatable bonds is 1. The van der Waals surface area contributed by atoms with Crippen LogP contribution < -0.4 is 0 Å². The van der Waals surface area contributed by atoms with E-state index in [2.05, 4.69) is 11.9 Å². The van der Waals surface area contributed by atoms with Crippen molar-refractivity contribution in [3.63, 3.8) is 0 Å². The lowest BCUT2D eigenvalue weighted by molar-refractivity contribution is -0.385. The Kier molecular flexibility index (Phi) is 2.61. The first-order chi connectivity index (χ1) is 7.09. The molecule has 1 aromatic rings. The summed E-state index contributed by atoms with van der Waals surface area (Å²) in [6, 6.07) is 1.57. The van der Waals surface area contributed by atoms with Gasteiger partial charge in [0.15, 0.2) is 0 Å². The summed E-state index contributed by atoms with van der Waals surface area (Å²) in [6.45, 7) is 2.08. The van der Waals surface area contributed by atoms with Crippen LogP contribution in [0.3, 0.4) is 0 Å². The fraction of sp³-hybridized carbons (Fsp3) is 0.500. The van der Waals surface area contributed by atoms with Crippen LogP contribution in [0.15, 0.2) is 6.07 Å². The van der Waals surface area contributed by atoms with Gasteiger partial charge in [-0.05, 0) is 30.7 Å². The van der Waals surface area contributed by atoms with E-state index in [1.54, 1.807) is 6.07 Å². The van der Waals surface area contributed by atoms with Crippen LogP contribution in [0.25, 0.3) is 0 Å². The first-order valence-corrected chi connectivity index (χ1v) is 5.31. The molecule has 0 aliphatic heterocycles. The van der Waals surface area contributed by atoms with Crippen LogP contribution in [0.4, 0.5) is 5.69 Å². The molecule has 15 heavy (non-hydrogen) atoms. The minimum absolute atomic E-state index is 0.00694. The quantitative estimate of drug-likeness (QED) is 0.420.